The number of nitrogen functional groups attached to an aromatic ring is 1. The lowest BCUT2D eigenvalue weighted by molar-refractivity contribution is 1.00. The van der Waals surface area contributed by atoms with Crippen LogP contribution in [0.25, 0.3) is 12.2 Å². The molecule has 0 spiro atoms. The number of anilines is 2. The van der Waals surface area contributed by atoms with Crippen LogP contribution in [0, 0.1) is 0 Å². The molecule has 1 heterocycles. The lowest BCUT2D eigenvalue weighted by Gasteiger charge is -2.11. The van der Waals surface area contributed by atoms with Crippen LogP contribution in [0.15, 0.2) is 58.1 Å². The summed E-state index contributed by atoms with van der Waals surface area (Å²) in [5.74, 6) is 0. The van der Waals surface area contributed by atoms with Gasteiger partial charge in [-0.2, -0.15) is 0 Å². The highest BCUT2D eigenvalue weighted by molar-refractivity contribution is 5.55. The maximum atomic E-state index is 12.3. The van der Waals surface area contributed by atoms with Crippen LogP contribution in [0.5, 0.6) is 0 Å². The van der Waals surface area contributed by atoms with E-state index in [1.54, 1.807) is 36.4 Å². The highest BCUT2D eigenvalue weighted by Gasteiger charge is 1.98. The van der Waals surface area contributed by atoms with Gasteiger partial charge in [0, 0.05) is 25.5 Å². The molecule has 6 nitrogen and oxygen atoms in total. The minimum atomic E-state index is -0.363. The van der Waals surface area contributed by atoms with Gasteiger partial charge < -0.3 is 20.6 Å². The second kappa shape index (κ2) is 7.14. The Morgan fingerprint density at radius 1 is 0.769 bits per heavy atom. The van der Waals surface area contributed by atoms with Crippen LogP contribution in [-0.4, -0.2) is 24.1 Å². The van der Waals surface area contributed by atoms with Gasteiger partial charge in [0.2, 0.25) is 0 Å². The third-order valence-corrected chi connectivity index (χ3v) is 3.95. The molecule has 3 rings (SSSR count). The van der Waals surface area contributed by atoms with Crippen LogP contribution in [0.4, 0.5) is 11.4 Å². The fourth-order valence-electron chi connectivity index (χ4n) is 2.49. The van der Waals surface area contributed by atoms with E-state index in [1.165, 1.54) is 0 Å². The van der Waals surface area contributed by atoms with Gasteiger partial charge in [0.1, 0.15) is 10.7 Å². The van der Waals surface area contributed by atoms with Gasteiger partial charge in [0.05, 0.1) is 0 Å². The van der Waals surface area contributed by atoms with Crippen LogP contribution in [0.2, 0.25) is 0 Å². The van der Waals surface area contributed by atoms with Gasteiger partial charge >= 0.3 is 0 Å². The van der Waals surface area contributed by atoms with E-state index in [2.05, 4.69) is 9.97 Å². The van der Waals surface area contributed by atoms with E-state index in [0.29, 0.717) is 5.69 Å². The summed E-state index contributed by atoms with van der Waals surface area (Å²) in [5, 5.41) is 0.405. The fourth-order valence-corrected chi connectivity index (χ4v) is 2.49. The van der Waals surface area contributed by atoms with Gasteiger partial charge in [-0.1, -0.05) is 24.3 Å². The average Bonchev–Trinajstić information content (AvgIpc) is 2.61. The molecule has 0 radical (unpaired) electrons. The average molecular weight is 348 g/mol. The van der Waals surface area contributed by atoms with Gasteiger partial charge in [-0.15, -0.1) is 0 Å². The molecule has 0 aliphatic rings. The Hall–Kier alpha value is -3.54. The molecule has 2 aromatic carbocycles. The number of nitrogens with one attached hydrogen (secondary N) is 2. The maximum Gasteiger partial charge on any atom is 0.272 e. The van der Waals surface area contributed by atoms with Crippen LogP contribution in [0.3, 0.4) is 0 Å². The Balaban J connectivity index is 2.03. The molecule has 26 heavy (non-hydrogen) atoms. The number of rotatable bonds is 3. The fraction of sp³-hybridized carbons (Fsp3) is 0.100. The number of aromatic amines is 2. The molecule has 0 atom stereocenters. The van der Waals surface area contributed by atoms with E-state index in [-0.39, 0.29) is 21.8 Å². The molecule has 0 saturated carbocycles. The number of H-pyrrole nitrogens is 2. The zero-order valence-electron chi connectivity index (χ0n) is 14.6. The van der Waals surface area contributed by atoms with Crippen molar-refractivity contribution < 1.29 is 0 Å². The maximum absolute atomic E-state index is 12.3. The van der Waals surface area contributed by atoms with Gasteiger partial charge in [-0.25, -0.2) is 0 Å². The molecule has 132 valence electrons. The van der Waals surface area contributed by atoms with Crippen LogP contribution < -0.4 is 32.5 Å². The summed E-state index contributed by atoms with van der Waals surface area (Å²) in [6, 6.07) is 14.7. The van der Waals surface area contributed by atoms with Crippen molar-refractivity contribution in [2.75, 3.05) is 24.7 Å². The van der Waals surface area contributed by atoms with E-state index >= 15 is 0 Å². The monoisotopic (exact) mass is 348 g/mol. The number of aromatic nitrogens is 2. The van der Waals surface area contributed by atoms with E-state index in [1.807, 2.05) is 43.3 Å². The van der Waals surface area contributed by atoms with Crippen molar-refractivity contribution in [3.05, 3.63) is 91.1 Å². The molecule has 0 fully saturated rings. The molecule has 0 aliphatic heterocycles. The van der Waals surface area contributed by atoms with Crippen molar-refractivity contribution in [3.63, 3.8) is 0 Å². The predicted molar refractivity (Wildman–Crippen MR) is 106 cm³/mol. The molecule has 0 saturated heterocycles. The topological polar surface area (TPSA) is 95.0 Å². The molecule has 6 heteroatoms. The summed E-state index contributed by atoms with van der Waals surface area (Å²) >= 11 is 0. The molecular weight excluding hydrogens is 328 g/mol. The first-order chi connectivity index (χ1) is 12.4. The second-order valence-electron chi connectivity index (χ2n) is 6.18. The Bertz CT molecular complexity index is 1140. The summed E-state index contributed by atoms with van der Waals surface area (Å²) in [7, 11) is 3.91. The van der Waals surface area contributed by atoms with Crippen molar-refractivity contribution in [3.8, 4) is 0 Å². The zero-order chi connectivity index (χ0) is 18.7. The third kappa shape index (κ3) is 3.92. The minimum Gasteiger partial charge on any atom is -0.399 e. The zero-order valence-corrected chi connectivity index (χ0v) is 14.6. The van der Waals surface area contributed by atoms with Gasteiger partial charge in [0.25, 0.3) is 11.1 Å². The van der Waals surface area contributed by atoms with E-state index in [4.69, 9.17) is 5.73 Å². The normalized spacial score (nSPS) is 12.4. The first-order valence-electron chi connectivity index (χ1n) is 8.11. The summed E-state index contributed by atoms with van der Waals surface area (Å²) < 4.78 is 0. The molecule has 0 aliphatic carbocycles. The quantitative estimate of drug-likeness (QED) is 0.596. The van der Waals surface area contributed by atoms with E-state index < -0.39 is 0 Å². The van der Waals surface area contributed by atoms with Crippen molar-refractivity contribution in [2.24, 2.45) is 0 Å². The molecule has 4 N–H and O–H groups in total. The number of hydrogen-bond acceptors (Lipinski definition) is 4. The highest BCUT2D eigenvalue weighted by atomic mass is 16.1. The molecule has 0 unspecified atom stereocenters. The highest BCUT2D eigenvalue weighted by Crippen LogP contribution is 2.12. The summed E-state index contributed by atoms with van der Waals surface area (Å²) in [6.07, 6.45) is 3.25. The Morgan fingerprint density at radius 3 is 1.62 bits per heavy atom. The van der Waals surface area contributed by atoms with Crippen molar-refractivity contribution in [1.82, 2.24) is 9.97 Å². The molecular formula is C20H20N4O2. The Kier molecular flexibility index (Phi) is 4.75. The third-order valence-electron chi connectivity index (χ3n) is 3.95. The van der Waals surface area contributed by atoms with Crippen LogP contribution >= 0.6 is 0 Å². The second-order valence-corrected chi connectivity index (χ2v) is 6.18. The van der Waals surface area contributed by atoms with Gasteiger partial charge in [-0.05, 0) is 47.5 Å². The Morgan fingerprint density at radius 2 is 1.19 bits per heavy atom. The van der Waals surface area contributed by atoms with E-state index in [9.17, 15) is 9.59 Å². The molecule has 3 aromatic rings. The SMILES string of the molecule is CN(C)c1ccc(/C=c2\[nH]c(=O)/c(=C/c3ccc(N)cc3)[nH]c2=O)cc1. The number of nitrogens with zero attached hydrogens (tertiary/aromatic N) is 1. The predicted octanol–water partition coefficient (Wildman–Crippen LogP) is 0.369. The lowest BCUT2D eigenvalue weighted by Crippen LogP contribution is -2.46. The van der Waals surface area contributed by atoms with Crippen molar-refractivity contribution in [1.29, 1.82) is 0 Å². The molecule has 0 amide bonds. The van der Waals surface area contributed by atoms with Crippen molar-refractivity contribution in [2.45, 2.75) is 0 Å². The first-order valence-corrected chi connectivity index (χ1v) is 8.11. The minimum absolute atomic E-state index is 0.194. The number of hydrogen-bond donors (Lipinski definition) is 3. The molecule has 1 aromatic heterocycles. The summed E-state index contributed by atoms with van der Waals surface area (Å²) in [4.78, 5) is 31.9. The Labute approximate surface area is 149 Å². The van der Waals surface area contributed by atoms with Gasteiger partial charge in [0.15, 0.2) is 0 Å². The largest absolute Gasteiger partial charge is 0.399 e. The summed E-state index contributed by atoms with van der Waals surface area (Å²) in [6.45, 7) is 0. The standard InChI is InChI=1S/C20H20N4O2/c1-24(2)16-9-5-14(6-10-16)12-18-20(26)22-17(19(25)23-18)11-13-3-7-15(21)8-4-13/h3-12H,21H2,1-2H3,(H,22,26)(H,23,25)/b17-11-,18-12-. The van der Waals surface area contributed by atoms with Crippen molar-refractivity contribution >= 4 is 23.5 Å². The number of nitrogens with two attached hydrogens (primary N) is 1. The smallest absolute Gasteiger partial charge is 0.272 e. The van der Waals surface area contributed by atoms with E-state index in [0.717, 1.165) is 16.8 Å². The first kappa shape index (κ1) is 17.3. The van der Waals surface area contributed by atoms with Crippen LogP contribution in [0.1, 0.15) is 11.1 Å². The van der Waals surface area contributed by atoms with Gasteiger partial charge in [-0.3, -0.25) is 9.59 Å². The van der Waals surface area contributed by atoms with Crippen LogP contribution in [-0.2, 0) is 0 Å². The number of benzene rings is 2. The molecule has 0 bridgehead atoms. The lowest BCUT2D eigenvalue weighted by atomic mass is 10.2. The summed E-state index contributed by atoms with van der Waals surface area (Å²) in [5.41, 5.74) is 8.21.